The summed E-state index contributed by atoms with van der Waals surface area (Å²) in [6.07, 6.45) is 1.49. The average molecular weight is 187 g/mol. The minimum Gasteiger partial charge on any atom is -0.368 e. The number of nitriles is 1. The molecule has 0 N–H and O–H groups in total. The lowest BCUT2D eigenvalue weighted by molar-refractivity contribution is 0.0972. The minimum atomic E-state index is -0.0112. The van der Waals surface area contributed by atoms with Crippen molar-refractivity contribution in [1.29, 1.82) is 5.26 Å². The maximum Gasteiger partial charge on any atom is 0.0971 e. The van der Waals surface area contributed by atoms with Crippen LogP contribution < -0.4 is 0 Å². The van der Waals surface area contributed by atoms with Gasteiger partial charge in [-0.1, -0.05) is 13.8 Å². The first kappa shape index (κ1) is 11.8. The van der Waals surface area contributed by atoms with Crippen molar-refractivity contribution in [3.8, 4) is 6.07 Å². The van der Waals surface area contributed by atoms with Crippen LogP contribution in [0.2, 0.25) is 0 Å². The van der Waals surface area contributed by atoms with E-state index in [-0.39, 0.29) is 10.9 Å². The molecule has 70 valence electrons. The Morgan fingerprint density at radius 1 is 1.58 bits per heavy atom. The Morgan fingerprint density at radius 3 is 2.58 bits per heavy atom. The number of hydrogen-bond donors (Lipinski definition) is 1. The van der Waals surface area contributed by atoms with Crippen molar-refractivity contribution in [3.05, 3.63) is 0 Å². The number of rotatable bonds is 5. The summed E-state index contributed by atoms with van der Waals surface area (Å²) in [6, 6.07) is 2.17. The first-order chi connectivity index (χ1) is 5.48. The van der Waals surface area contributed by atoms with E-state index < -0.39 is 0 Å². The topological polar surface area (TPSA) is 33.0 Å². The summed E-state index contributed by atoms with van der Waals surface area (Å²) in [5.74, 6) is 0. The standard InChI is InChI=1S/C9H17NOS/c1-8(12)11-7-5-9(2,3)4-6-10/h8,12H,4-5,7H2,1-3H3. The van der Waals surface area contributed by atoms with Crippen molar-refractivity contribution in [2.24, 2.45) is 5.41 Å². The Kier molecular flexibility index (Phi) is 5.36. The van der Waals surface area contributed by atoms with Gasteiger partial charge < -0.3 is 4.74 Å². The second-order valence-electron chi connectivity index (χ2n) is 3.72. The Hall–Kier alpha value is -0.200. The summed E-state index contributed by atoms with van der Waals surface area (Å²) < 4.78 is 5.28. The van der Waals surface area contributed by atoms with Crippen LogP contribution in [-0.4, -0.2) is 12.0 Å². The van der Waals surface area contributed by atoms with Gasteiger partial charge in [0.2, 0.25) is 0 Å². The lowest BCUT2D eigenvalue weighted by Crippen LogP contribution is -2.15. The van der Waals surface area contributed by atoms with Crippen LogP contribution >= 0.6 is 12.6 Å². The van der Waals surface area contributed by atoms with Crippen molar-refractivity contribution >= 4 is 12.6 Å². The van der Waals surface area contributed by atoms with Gasteiger partial charge in [-0.25, -0.2) is 0 Å². The van der Waals surface area contributed by atoms with Gasteiger partial charge in [0.25, 0.3) is 0 Å². The molecule has 0 amide bonds. The van der Waals surface area contributed by atoms with Crippen LogP contribution in [0.4, 0.5) is 0 Å². The van der Waals surface area contributed by atoms with Crippen molar-refractivity contribution in [2.75, 3.05) is 6.61 Å². The Morgan fingerprint density at radius 2 is 2.17 bits per heavy atom. The predicted molar refractivity (Wildman–Crippen MR) is 53.0 cm³/mol. The molecular weight excluding hydrogens is 170 g/mol. The molecule has 0 bridgehead atoms. The summed E-state index contributed by atoms with van der Waals surface area (Å²) in [4.78, 5) is 0. The Labute approximate surface area is 80.3 Å². The molecule has 3 heteroatoms. The normalized spacial score (nSPS) is 13.9. The zero-order valence-electron chi connectivity index (χ0n) is 8.00. The average Bonchev–Trinajstić information content (AvgIpc) is 1.85. The van der Waals surface area contributed by atoms with Gasteiger partial charge in [-0.05, 0) is 18.8 Å². The Balaban J connectivity index is 3.55. The molecule has 2 nitrogen and oxygen atoms in total. The maximum absolute atomic E-state index is 8.50. The SMILES string of the molecule is CC(S)OCCC(C)(C)CC#N. The van der Waals surface area contributed by atoms with Crippen molar-refractivity contribution in [3.63, 3.8) is 0 Å². The zero-order valence-corrected chi connectivity index (χ0v) is 8.90. The molecule has 12 heavy (non-hydrogen) atoms. The summed E-state index contributed by atoms with van der Waals surface area (Å²) in [7, 11) is 0. The summed E-state index contributed by atoms with van der Waals surface area (Å²) >= 11 is 4.09. The molecular formula is C9H17NOS. The van der Waals surface area contributed by atoms with E-state index in [4.69, 9.17) is 10.00 Å². The van der Waals surface area contributed by atoms with E-state index in [1.807, 2.05) is 6.92 Å². The smallest absolute Gasteiger partial charge is 0.0971 e. The maximum atomic E-state index is 8.50. The molecule has 0 aromatic heterocycles. The van der Waals surface area contributed by atoms with E-state index in [0.29, 0.717) is 13.0 Å². The van der Waals surface area contributed by atoms with Crippen molar-refractivity contribution in [2.45, 2.75) is 39.0 Å². The molecule has 0 aromatic rings. The van der Waals surface area contributed by atoms with Gasteiger partial charge >= 0.3 is 0 Å². The third-order valence-corrected chi connectivity index (χ3v) is 1.84. The molecule has 0 saturated carbocycles. The molecule has 0 aliphatic rings. The second-order valence-corrected chi connectivity index (χ2v) is 4.45. The molecule has 0 aliphatic carbocycles. The first-order valence-corrected chi connectivity index (χ1v) is 4.66. The lowest BCUT2D eigenvalue weighted by Gasteiger charge is -2.21. The highest BCUT2D eigenvalue weighted by Gasteiger charge is 2.16. The van der Waals surface area contributed by atoms with Gasteiger partial charge in [0, 0.05) is 13.0 Å². The molecule has 0 spiro atoms. The van der Waals surface area contributed by atoms with Crippen LogP contribution in [0.3, 0.4) is 0 Å². The fourth-order valence-electron chi connectivity index (χ4n) is 0.808. The van der Waals surface area contributed by atoms with Gasteiger partial charge in [0.05, 0.1) is 11.5 Å². The van der Waals surface area contributed by atoms with Crippen molar-refractivity contribution in [1.82, 2.24) is 0 Å². The van der Waals surface area contributed by atoms with E-state index in [2.05, 4.69) is 32.5 Å². The largest absolute Gasteiger partial charge is 0.368 e. The number of thiol groups is 1. The highest BCUT2D eigenvalue weighted by Crippen LogP contribution is 2.24. The van der Waals surface area contributed by atoms with Crippen LogP contribution in [0, 0.1) is 16.7 Å². The van der Waals surface area contributed by atoms with Crippen LogP contribution in [0.1, 0.15) is 33.6 Å². The molecule has 0 aromatic carbocycles. The fourth-order valence-corrected chi connectivity index (χ4v) is 0.914. The highest BCUT2D eigenvalue weighted by molar-refractivity contribution is 7.80. The van der Waals surface area contributed by atoms with Crippen LogP contribution in [-0.2, 0) is 4.74 Å². The molecule has 0 rings (SSSR count). The van der Waals surface area contributed by atoms with Gasteiger partial charge in [-0.2, -0.15) is 5.26 Å². The first-order valence-electron chi connectivity index (χ1n) is 4.14. The quantitative estimate of drug-likeness (QED) is 0.530. The molecule has 0 fully saturated rings. The summed E-state index contributed by atoms with van der Waals surface area (Å²) in [6.45, 7) is 6.71. The molecule has 1 atom stereocenters. The van der Waals surface area contributed by atoms with E-state index in [1.54, 1.807) is 0 Å². The molecule has 0 saturated heterocycles. The number of nitrogens with zero attached hydrogens (tertiary/aromatic N) is 1. The third kappa shape index (κ3) is 6.51. The highest BCUT2D eigenvalue weighted by atomic mass is 32.1. The van der Waals surface area contributed by atoms with Crippen LogP contribution in [0.15, 0.2) is 0 Å². The molecule has 0 radical (unpaired) electrons. The number of ether oxygens (including phenoxy) is 1. The van der Waals surface area contributed by atoms with E-state index in [0.717, 1.165) is 6.42 Å². The Bertz CT molecular complexity index is 160. The third-order valence-electron chi connectivity index (χ3n) is 1.70. The van der Waals surface area contributed by atoms with Gasteiger partial charge in [-0.15, -0.1) is 12.6 Å². The molecule has 1 unspecified atom stereocenters. The molecule has 0 aliphatic heterocycles. The van der Waals surface area contributed by atoms with E-state index in [1.165, 1.54) is 0 Å². The van der Waals surface area contributed by atoms with Gasteiger partial charge in [0.15, 0.2) is 0 Å². The lowest BCUT2D eigenvalue weighted by atomic mass is 9.87. The second kappa shape index (κ2) is 5.45. The van der Waals surface area contributed by atoms with Crippen molar-refractivity contribution < 1.29 is 4.74 Å². The monoisotopic (exact) mass is 187 g/mol. The zero-order chi connectivity index (χ0) is 9.61. The summed E-state index contributed by atoms with van der Waals surface area (Å²) in [5.41, 5.74) is 0.0557. The fraction of sp³-hybridized carbons (Fsp3) is 0.889. The minimum absolute atomic E-state index is 0.0112. The predicted octanol–water partition coefficient (Wildman–Crippen LogP) is 2.61. The van der Waals surface area contributed by atoms with E-state index >= 15 is 0 Å². The summed E-state index contributed by atoms with van der Waals surface area (Å²) in [5, 5.41) is 8.50. The van der Waals surface area contributed by atoms with E-state index in [9.17, 15) is 0 Å². The van der Waals surface area contributed by atoms with Crippen LogP contribution in [0.25, 0.3) is 0 Å². The number of hydrogen-bond acceptors (Lipinski definition) is 3. The van der Waals surface area contributed by atoms with Crippen LogP contribution in [0.5, 0.6) is 0 Å². The van der Waals surface area contributed by atoms with Gasteiger partial charge in [-0.3, -0.25) is 0 Å². The molecule has 0 heterocycles. The van der Waals surface area contributed by atoms with Gasteiger partial charge in [0.1, 0.15) is 0 Å².